The highest BCUT2D eigenvalue weighted by molar-refractivity contribution is 9.10. The van der Waals surface area contributed by atoms with Gasteiger partial charge in [0.25, 0.3) is 0 Å². The predicted octanol–water partition coefficient (Wildman–Crippen LogP) is 4.88. The Labute approximate surface area is 134 Å². The van der Waals surface area contributed by atoms with E-state index in [1.165, 1.54) is 6.07 Å². The summed E-state index contributed by atoms with van der Waals surface area (Å²) in [5.41, 5.74) is 8.22. The van der Waals surface area contributed by atoms with Gasteiger partial charge in [-0.2, -0.15) is 5.10 Å². The van der Waals surface area contributed by atoms with Gasteiger partial charge in [0.1, 0.15) is 5.82 Å². The average Bonchev–Trinajstić information content (AvgIpc) is 2.84. The maximum atomic E-state index is 14.3. The summed E-state index contributed by atoms with van der Waals surface area (Å²) in [7, 11) is 0. The van der Waals surface area contributed by atoms with E-state index in [1.807, 2.05) is 24.3 Å². The van der Waals surface area contributed by atoms with Crippen LogP contribution >= 0.6 is 27.5 Å². The first kappa shape index (κ1) is 14.1. The lowest BCUT2D eigenvalue weighted by Crippen LogP contribution is -1.92. The lowest BCUT2D eigenvalue weighted by atomic mass is 10.0. The zero-order valence-electron chi connectivity index (χ0n) is 10.7. The molecule has 0 aliphatic rings. The monoisotopic (exact) mass is 365 g/mol. The fraction of sp³-hybridized carbons (Fsp3) is 0. The first-order valence-corrected chi connectivity index (χ1v) is 7.30. The molecule has 0 saturated heterocycles. The van der Waals surface area contributed by atoms with Crippen LogP contribution in [0.5, 0.6) is 0 Å². The first-order valence-electron chi connectivity index (χ1n) is 6.12. The maximum absolute atomic E-state index is 14.3. The van der Waals surface area contributed by atoms with Crippen molar-refractivity contribution in [2.24, 2.45) is 0 Å². The molecule has 0 atom stereocenters. The zero-order valence-corrected chi connectivity index (χ0v) is 13.0. The Hall–Kier alpha value is -1.85. The Balaban J connectivity index is 2.28. The smallest absolute Gasteiger partial charge is 0.153 e. The number of benzene rings is 2. The molecule has 6 heteroatoms. The highest BCUT2D eigenvalue weighted by Gasteiger charge is 2.20. The quantitative estimate of drug-likeness (QED) is 0.679. The van der Waals surface area contributed by atoms with Crippen LogP contribution in [0, 0.1) is 5.82 Å². The van der Waals surface area contributed by atoms with Crippen molar-refractivity contribution in [3.63, 3.8) is 0 Å². The Morgan fingerprint density at radius 2 is 1.81 bits per heavy atom. The van der Waals surface area contributed by atoms with Crippen LogP contribution in [0.2, 0.25) is 5.02 Å². The average molecular weight is 367 g/mol. The number of nitrogens with zero attached hydrogens (tertiary/aromatic N) is 1. The molecule has 0 aliphatic carbocycles. The maximum Gasteiger partial charge on any atom is 0.153 e. The van der Waals surface area contributed by atoms with Gasteiger partial charge in [-0.1, -0.05) is 57.9 Å². The van der Waals surface area contributed by atoms with E-state index in [0.717, 1.165) is 10.0 Å². The van der Waals surface area contributed by atoms with Crippen molar-refractivity contribution >= 4 is 33.3 Å². The second kappa shape index (κ2) is 5.50. The van der Waals surface area contributed by atoms with Gasteiger partial charge in [0.2, 0.25) is 0 Å². The number of rotatable bonds is 2. The fourth-order valence-electron chi connectivity index (χ4n) is 2.18. The third-order valence-corrected chi connectivity index (χ3v) is 4.14. The van der Waals surface area contributed by atoms with Gasteiger partial charge >= 0.3 is 0 Å². The van der Waals surface area contributed by atoms with Crippen LogP contribution in [0.3, 0.4) is 0 Å². The van der Waals surface area contributed by atoms with Gasteiger partial charge in [-0.25, -0.2) is 4.39 Å². The van der Waals surface area contributed by atoms with Crippen molar-refractivity contribution in [2.45, 2.75) is 0 Å². The lowest BCUT2D eigenvalue weighted by molar-refractivity contribution is 0.632. The lowest BCUT2D eigenvalue weighted by Gasteiger charge is -2.08. The number of nitrogens with one attached hydrogen (secondary N) is 1. The summed E-state index contributed by atoms with van der Waals surface area (Å²) in [5, 5.41) is 6.91. The summed E-state index contributed by atoms with van der Waals surface area (Å²) >= 11 is 9.33. The first-order chi connectivity index (χ1) is 10.1. The van der Waals surface area contributed by atoms with Crippen LogP contribution in [0.4, 0.5) is 10.2 Å². The molecular formula is C15H10BrClFN3. The Morgan fingerprint density at radius 1 is 1.10 bits per heavy atom. The summed E-state index contributed by atoms with van der Waals surface area (Å²) in [6.07, 6.45) is 0. The number of aromatic amines is 1. The molecule has 2 aromatic carbocycles. The van der Waals surface area contributed by atoms with Crippen molar-refractivity contribution in [2.75, 3.05) is 5.73 Å². The zero-order chi connectivity index (χ0) is 15.0. The number of hydrogen-bond donors (Lipinski definition) is 2. The van der Waals surface area contributed by atoms with Gasteiger partial charge in [0, 0.05) is 15.6 Å². The molecule has 1 aromatic heterocycles. The van der Waals surface area contributed by atoms with Crippen molar-refractivity contribution in [1.29, 1.82) is 0 Å². The van der Waals surface area contributed by atoms with E-state index in [0.29, 0.717) is 16.8 Å². The Morgan fingerprint density at radius 3 is 2.57 bits per heavy atom. The second-order valence-electron chi connectivity index (χ2n) is 4.44. The third-order valence-electron chi connectivity index (χ3n) is 3.16. The second-order valence-corrected chi connectivity index (χ2v) is 5.70. The molecule has 21 heavy (non-hydrogen) atoms. The predicted molar refractivity (Wildman–Crippen MR) is 86.5 cm³/mol. The summed E-state index contributed by atoms with van der Waals surface area (Å²) < 4.78 is 15.2. The van der Waals surface area contributed by atoms with E-state index in [1.54, 1.807) is 12.1 Å². The van der Waals surface area contributed by atoms with Gasteiger partial charge in [0.05, 0.1) is 16.3 Å². The van der Waals surface area contributed by atoms with Crippen molar-refractivity contribution in [1.82, 2.24) is 10.2 Å². The molecule has 0 amide bonds. The number of nitrogen functional groups attached to an aromatic ring is 1. The largest absolute Gasteiger partial charge is 0.382 e. The van der Waals surface area contributed by atoms with Crippen molar-refractivity contribution in [3.8, 4) is 22.4 Å². The van der Waals surface area contributed by atoms with Gasteiger partial charge in [0.15, 0.2) is 5.82 Å². The van der Waals surface area contributed by atoms with Crippen LogP contribution in [0.1, 0.15) is 0 Å². The van der Waals surface area contributed by atoms with E-state index < -0.39 is 5.82 Å². The molecule has 0 spiro atoms. The molecule has 0 unspecified atom stereocenters. The summed E-state index contributed by atoms with van der Waals surface area (Å²) in [6.45, 7) is 0. The highest BCUT2D eigenvalue weighted by Crippen LogP contribution is 2.39. The van der Waals surface area contributed by atoms with Crippen LogP contribution in [0.25, 0.3) is 22.4 Å². The van der Waals surface area contributed by atoms with E-state index >= 15 is 0 Å². The molecule has 0 bridgehead atoms. The van der Waals surface area contributed by atoms with Crippen LogP contribution in [-0.4, -0.2) is 10.2 Å². The third kappa shape index (κ3) is 2.43. The SMILES string of the molecule is Nc1n[nH]c(-c2ccccc2Br)c1-c1cccc(Cl)c1F. The number of aromatic nitrogens is 2. The minimum Gasteiger partial charge on any atom is -0.382 e. The minimum atomic E-state index is -0.513. The minimum absolute atomic E-state index is 0.0474. The van der Waals surface area contributed by atoms with E-state index in [9.17, 15) is 4.39 Å². The van der Waals surface area contributed by atoms with E-state index in [-0.39, 0.29) is 10.8 Å². The number of anilines is 1. The van der Waals surface area contributed by atoms with Crippen molar-refractivity contribution in [3.05, 3.63) is 57.8 Å². The van der Waals surface area contributed by atoms with Crippen LogP contribution < -0.4 is 5.73 Å². The number of hydrogen-bond acceptors (Lipinski definition) is 2. The molecule has 3 nitrogen and oxygen atoms in total. The Kier molecular flexibility index (Phi) is 3.69. The summed E-state index contributed by atoms with van der Waals surface area (Å²) in [4.78, 5) is 0. The fourth-order valence-corrected chi connectivity index (χ4v) is 2.84. The van der Waals surface area contributed by atoms with Crippen LogP contribution in [-0.2, 0) is 0 Å². The standard InChI is InChI=1S/C15H10BrClFN3/c16-10-6-2-1-4-8(10)14-12(15(19)21-20-14)9-5-3-7-11(17)13(9)18/h1-7H,(H3,19,20,21). The summed E-state index contributed by atoms with van der Waals surface area (Å²) in [6, 6.07) is 12.4. The van der Waals surface area contributed by atoms with Gasteiger partial charge < -0.3 is 5.73 Å². The molecule has 106 valence electrons. The molecule has 0 saturated carbocycles. The molecular weight excluding hydrogens is 357 g/mol. The number of halogens is 3. The molecule has 1 heterocycles. The molecule has 0 aliphatic heterocycles. The van der Waals surface area contributed by atoms with Crippen LogP contribution in [0.15, 0.2) is 46.9 Å². The van der Waals surface area contributed by atoms with E-state index in [2.05, 4.69) is 26.1 Å². The highest BCUT2D eigenvalue weighted by atomic mass is 79.9. The number of H-pyrrole nitrogens is 1. The van der Waals surface area contributed by atoms with E-state index in [4.69, 9.17) is 17.3 Å². The van der Waals surface area contributed by atoms with Crippen molar-refractivity contribution < 1.29 is 4.39 Å². The van der Waals surface area contributed by atoms with Gasteiger partial charge in [-0.05, 0) is 12.1 Å². The molecule has 3 rings (SSSR count). The van der Waals surface area contributed by atoms with Gasteiger partial charge in [-0.15, -0.1) is 0 Å². The summed E-state index contributed by atoms with van der Waals surface area (Å²) in [5.74, 6) is -0.289. The molecule has 0 fully saturated rings. The molecule has 0 radical (unpaired) electrons. The Bertz CT molecular complexity index is 816. The van der Waals surface area contributed by atoms with Gasteiger partial charge in [-0.3, -0.25) is 5.10 Å². The normalized spacial score (nSPS) is 10.8. The number of nitrogens with two attached hydrogens (primary N) is 1. The molecule has 3 N–H and O–H groups in total. The topological polar surface area (TPSA) is 54.7 Å². The molecule has 3 aromatic rings.